The van der Waals surface area contributed by atoms with E-state index < -0.39 is 0 Å². The SMILES string of the molecule is O=C(CCCc1cccs1)N1CCC(=O)N(Cc2ccccc2)CC1. The van der Waals surface area contributed by atoms with E-state index in [1.807, 2.05) is 46.2 Å². The van der Waals surface area contributed by atoms with Crippen LogP contribution < -0.4 is 0 Å². The van der Waals surface area contributed by atoms with Gasteiger partial charge in [0.25, 0.3) is 0 Å². The van der Waals surface area contributed by atoms with Crippen molar-refractivity contribution in [2.45, 2.75) is 32.2 Å². The number of carbonyl (C=O) groups excluding carboxylic acids is 2. The van der Waals surface area contributed by atoms with Gasteiger partial charge in [0.1, 0.15) is 0 Å². The lowest BCUT2D eigenvalue weighted by molar-refractivity contribution is -0.131. The Balaban J connectivity index is 1.48. The fourth-order valence-electron chi connectivity index (χ4n) is 3.11. The number of aryl methyl sites for hydroxylation is 1. The maximum Gasteiger partial charge on any atom is 0.224 e. The summed E-state index contributed by atoms with van der Waals surface area (Å²) in [4.78, 5) is 29.9. The summed E-state index contributed by atoms with van der Waals surface area (Å²) in [6.07, 6.45) is 2.81. The Bertz CT molecular complexity index is 685. The third kappa shape index (κ3) is 5.16. The molecule has 4 nitrogen and oxygen atoms in total. The fourth-order valence-corrected chi connectivity index (χ4v) is 3.87. The molecule has 2 amide bonds. The second kappa shape index (κ2) is 8.81. The smallest absolute Gasteiger partial charge is 0.224 e. The Morgan fingerprint density at radius 2 is 1.88 bits per heavy atom. The third-order valence-corrected chi connectivity index (χ3v) is 5.49. The Hall–Kier alpha value is -2.14. The first-order valence-corrected chi connectivity index (χ1v) is 9.72. The largest absolute Gasteiger partial charge is 0.340 e. The number of rotatable bonds is 6. The van der Waals surface area contributed by atoms with E-state index in [1.54, 1.807) is 11.3 Å². The summed E-state index contributed by atoms with van der Waals surface area (Å²) < 4.78 is 0. The zero-order chi connectivity index (χ0) is 17.5. The van der Waals surface area contributed by atoms with Crippen LogP contribution in [0.25, 0.3) is 0 Å². The van der Waals surface area contributed by atoms with Gasteiger partial charge in [-0.15, -0.1) is 11.3 Å². The van der Waals surface area contributed by atoms with Crippen LogP contribution in [0, 0.1) is 0 Å². The van der Waals surface area contributed by atoms with Crippen molar-refractivity contribution in [2.24, 2.45) is 0 Å². The quantitative estimate of drug-likeness (QED) is 0.796. The van der Waals surface area contributed by atoms with Gasteiger partial charge in [-0.1, -0.05) is 36.4 Å². The van der Waals surface area contributed by atoms with Gasteiger partial charge in [-0.25, -0.2) is 0 Å². The molecule has 1 aromatic carbocycles. The Labute approximate surface area is 153 Å². The maximum atomic E-state index is 12.5. The van der Waals surface area contributed by atoms with Crippen LogP contribution in [0.4, 0.5) is 0 Å². The van der Waals surface area contributed by atoms with Gasteiger partial charge in [-0.2, -0.15) is 0 Å². The molecular weight excluding hydrogens is 332 g/mol. The second-order valence-electron chi connectivity index (χ2n) is 6.36. The number of thiophene rings is 1. The van der Waals surface area contributed by atoms with Gasteiger partial charge >= 0.3 is 0 Å². The fraction of sp³-hybridized carbons (Fsp3) is 0.400. The number of benzene rings is 1. The summed E-state index contributed by atoms with van der Waals surface area (Å²) in [5.74, 6) is 0.309. The average molecular weight is 356 g/mol. The lowest BCUT2D eigenvalue weighted by Gasteiger charge is -2.22. The number of hydrogen-bond acceptors (Lipinski definition) is 3. The van der Waals surface area contributed by atoms with Crippen molar-refractivity contribution in [2.75, 3.05) is 19.6 Å². The minimum Gasteiger partial charge on any atom is -0.340 e. The second-order valence-corrected chi connectivity index (χ2v) is 7.40. The minimum absolute atomic E-state index is 0.137. The molecule has 1 aromatic heterocycles. The van der Waals surface area contributed by atoms with Crippen molar-refractivity contribution in [1.82, 2.24) is 9.80 Å². The average Bonchev–Trinajstić information content (AvgIpc) is 3.08. The Morgan fingerprint density at radius 1 is 1.04 bits per heavy atom. The molecule has 0 spiro atoms. The predicted molar refractivity (Wildman–Crippen MR) is 100 cm³/mol. The van der Waals surface area contributed by atoms with E-state index >= 15 is 0 Å². The van der Waals surface area contributed by atoms with Crippen LogP contribution in [0.15, 0.2) is 47.8 Å². The molecule has 2 aromatic rings. The van der Waals surface area contributed by atoms with Crippen LogP contribution in [0.3, 0.4) is 0 Å². The molecule has 1 aliphatic rings. The molecule has 0 bridgehead atoms. The van der Waals surface area contributed by atoms with E-state index in [0.717, 1.165) is 18.4 Å². The lowest BCUT2D eigenvalue weighted by atomic mass is 10.2. The van der Waals surface area contributed by atoms with E-state index in [9.17, 15) is 9.59 Å². The number of carbonyl (C=O) groups is 2. The molecule has 0 atom stereocenters. The molecule has 3 rings (SSSR count). The lowest BCUT2D eigenvalue weighted by Crippen LogP contribution is -2.35. The highest BCUT2D eigenvalue weighted by atomic mass is 32.1. The summed E-state index contributed by atoms with van der Waals surface area (Å²) in [7, 11) is 0. The van der Waals surface area contributed by atoms with Crippen molar-refractivity contribution in [1.29, 1.82) is 0 Å². The molecule has 1 saturated heterocycles. The van der Waals surface area contributed by atoms with Gasteiger partial charge in [0.15, 0.2) is 0 Å². The molecule has 132 valence electrons. The molecule has 0 radical (unpaired) electrons. The Morgan fingerprint density at radius 3 is 2.64 bits per heavy atom. The van der Waals surface area contributed by atoms with E-state index in [-0.39, 0.29) is 11.8 Å². The van der Waals surface area contributed by atoms with Crippen molar-refractivity contribution >= 4 is 23.2 Å². The van der Waals surface area contributed by atoms with Crippen LogP contribution in [-0.2, 0) is 22.6 Å². The molecule has 0 saturated carbocycles. The first kappa shape index (κ1) is 17.7. The molecule has 0 unspecified atom stereocenters. The molecule has 0 N–H and O–H groups in total. The highest BCUT2D eigenvalue weighted by Crippen LogP contribution is 2.14. The van der Waals surface area contributed by atoms with Crippen LogP contribution in [0.5, 0.6) is 0 Å². The maximum absolute atomic E-state index is 12.5. The molecule has 2 heterocycles. The first-order valence-electron chi connectivity index (χ1n) is 8.84. The van der Waals surface area contributed by atoms with Crippen LogP contribution in [-0.4, -0.2) is 41.2 Å². The highest BCUT2D eigenvalue weighted by Gasteiger charge is 2.23. The van der Waals surface area contributed by atoms with Gasteiger partial charge in [0, 0.05) is 43.9 Å². The minimum atomic E-state index is 0.137. The molecule has 25 heavy (non-hydrogen) atoms. The zero-order valence-corrected chi connectivity index (χ0v) is 15.2. The van der Waals surface area contributed by atoms with Gasteiger partial charge in [0.2, 0.25) is 11.8 Å². The van der Waals surface area contributed by atoms with Crippen LogP contribution in [0.2, 0.25) is 0 Å². The monoisotopic (exact) mass is 356 g/mol. The third-order valence-electron chi connectivity index (χ3n) is 4.55. The normalized spacial score (nSPS) is 15.3. The van der Waals surface area contributed by atoms with Gasteiger partial charge < -0.3 is 9.80 Å². The van der Waals surface area contributed by atoms with Crippen molar-refractivity contribution in [3.8, 4) is 0 Å². The standard InChI is InChI=1S/C20H24N2O2S/c23-19(10-4-8-18-9-5-15-25-18)21-12-11-20(24)22(14-13-21)16-17-6-2-1-3-7-17/h1-3,5-7,9,15H,4,8,10-14,16H2. The summed E-state index contributed by atoms with van der Waals surface area (Å²) >= 11 is 1.74. The summed E-state index contributed by atoms with van der Waals surface area (Å²) in [6, 6.07) is 14.2. The molecule has 5 heteroatoms. The highest BCUT2D eigenvalue weighted by molar-refractivity contribution is 7.09. The van der Waals surface area contributed by atoms with Crippen LogP contribution >= 0.6 is 11.3 Å². The first-order chi connectivity index (χ1) is 12.2. The number of amides is 2. The zero-order valence-electron chi connectivity index (χ0n) is 14.4. The Kier molecular flexibility index (Phi) is 6.23. The topological polar surface area (TPSA) is 40.6 Å². The van der Waals surface area contributed by atoms with E-state index in [2.05, 4.69) is 11.4 Å². The molecule has 0 aliphatic carbocycles. The number of nitrogens with zero attached hydrogens (tertiary/aromatic N) is 2. The van der Waals surface area contributed by atoms with Crippen LogP contribution in [0.1, 0.15) is 29.7 Å². The van der Waals surface area contributed by atoms with E-state index in [1.165, 1.54) is 4.88 Å². The van der Waals surface area contributed by atoms with Crippen molar-refractivity contribution < 1.29 is 9.59 Å². The molecule has 1 aliphatic heterocycles. The van der Waals surface area contributed by atoms with E-state index in [4.69, 9.17) is 0 Å². The summed E-state index contributed by atoms with van der Waals surface area (Å²) in [6.45, 7) is 2.42. The molecular formula is C20H24N2O2S. The van der Waals surface area contributed by atoms with Crippen molar-refractivity contribution in [3.63, 3.8) is 0 Å². The van der Waals surface area contributed by atoms with E-state index in [0.29, 0.717) is 39.0 Å². The van der Waals surface area contributed by atoms with Gasteiger partial charge in [-0.3, -0.25) is 9.59 Å². The van der Waals surface area contributed by atoms with Gasteiger partial charge in [0.05, 0.1) is 0 Å². The molecule has 1 fully saturated rings. The number of hydrogen-bond donors (Lipinski definition) is 0. The summed E-state index contributed by atoms with van der Waals surface area (Å²) in [5, 5.41) is 2.07. The predicted octanol–water partition coefficient (Wildman–Crippen LogP) is 3.33. The van der Waals surface area contributed by atoms with Gasteiger partial charge in [-0.05, 0) is 29.9 Å². The summed E-state index contributed by atoms with van der Waals surface area (Å²) in [5.41, 5.74) is 1.13. The van der Waals surface area contributed by atoms with Crippen molar-refractivity contribution in [3.05, 3.63) is 58.3 Å².